The zero-order chi connectivity index (χ0) is 8.65. The van der Waals surface area contributed by atoms with Gasteiger partial charge in [-0.2, -0.15) is 0 Å². The molecule has 0 aromatic rings. The summed E-state index contributed by atoms with van der Waals surface area (Å²) in [5.74, 6) is -0.111. The molecule has 0 aliphatic carbocycles. The minimum atomic E-state index is -0.111. The van der Waals surface area contributed by atoms with Crippen molar-refractivity contribution >= 4 is 5.97 Å². The van der Waals surface area contributed by atoms with Gasteiger partial charge in [0.05, 0.1) is 7.11 Å². The van der Waals surface area contributed by atoms with Crippen LogP contribution >= 0.6 is 0 Å². The lowest BCUT2D eigenvalue weighted by atomic mass is 10.1. The predicted molar refractivity (Wildman–Crippen MR) is 42.3 cm³/mol. The molecule has 1 aliphatic heterocycles. The van der Waals surface area contributed by atoms with E-state index in [9.17, 15) is 4.79 Å². The largest absolute Gasteiger partial charge is 0.468 e. The number of ether oxygens (including phenoxy) is 1. The third-order valence-corrected chi connectivity index (χ3v) is 1.95. The van der Waals surface area contributed by atoms with Crippen LogP contribution in [0.1, 0.15) is 20.8 Å². The summed E-state index contributed by atoms with van der Waals surface area (Å²) >= 11 is 0. The Morgan fingerprint density at radius 1 is 1.55 bits per heavy atom. The third-order valence-electron chi connectivity index (χ3n) is 1.95. The maximum atomic E-state index is 11.0. The maximum Gasteiger partial charge on any atom is 0.324 e. The van der Waals surface area contributed by atoms with E-state index >= 15 is 0 Å². The molecule has 0 N–H and O–H groups in total. The quantitative estimate of drug-likeness (QED) is 0.413. The van der Waals surface area contributed by atoms with E-state index in [0.717, 1.165) is 6.54 Å². The van der Waals surface area contributed by atoms with E-state index in [1.807, 2.05) is 0 Å². The van der Waals surface area contributed by atoms with E-state index in [4.69, 9.17) is 0 Å². The van der Waals surface area contributed by atoms with Crippen molar-refractivity contribution in [2.45, 2.75) is 32.4 Å². The van der Waals surface area contributed by atoms with Crippen LogP contribution in [0.5, 0.6) is 0 Å². The van der Waals surface area contributed by atoms with Gasteiger partial charge in [-0.15, -0.1) is 0 Å². The Bertz CT molecular complexity index is 171. The molecule has 0 bridgehead atoms. The molecule has 1 heterocycles. The van der Waals surface area contributed by atoms with Crippen molar-refractivity contribution < 1.29 is 9.53 Å². The van der Waals surface area contributed by atoms with Gasteiger partial charge in [-0.1, -0.05) is 0 Å². The molecule has 3 heteroatoms. The summed E-state index contributed by atoms with van der Waals surface area (Å²) in [6.45, 7) is 7.12. The van der Waals surface area contributed by atoms with Crippen LogP contribution in [0.4, 0.5) is 0 Å². The first-order valence-corrected chi connectivity index (χ1v) is 3.81. The zero-order valence-corrected chi connectivity index (χ0v) is 7.55. The van der Waals surface area contributed by atoms with Crippen LogP contribution < -0.4 is 0 Å². The van der Waals surface area contributed by atoms with Gasteiger partial charge in [0.15, 0.2) is 0 Å². The number of carbonyl (C=O) groups is 1. The van der Waals surface area contributed by atoms with Crippen molar-refractivity contribution in [1.29, 1.82) is 0 Å². The lowest BCUT2D eigenvalue weighted by Gasteiger charge is -2.20. The van der Waals surface area contributed by atoms with Crippen molar-refractivity contribution in [2.75, 3.05) is 13.7 Å². The lowest BCUT2D eigenvalue weighted by molar-refractivity contribution is -0.141. The molecule has 0 amide bonds. The van der Waals surface area contributed by atoms with Gasteiger partial charge in [-0.3, -0.25) is 9.69 Å². The maximum absolute atomic E-state index is 11.0. The topological polar surface area (TPSA) is 29.3 Å². The first-order valence-electron chi connectivity index (χ1n) is 3.81. The first-order chi connectivity index (χ1) is 4.96. The third kappa shape index (κ3) is 1.71. The van der Waals surface area contributed by atoms with E-state index in [2.05, 4.69) is 30.4 Å². The normalized spacial score (nSPS) is 29.8. The highest BCUT2D eigenvalue weighted by Crippen LogP contribution is 2.29. The van der Waals surface area contributed by atoms with Crippen molar-refractivity contribution in [3.05, 3.63) is 0 Å². The Kier molecular flexibility index (Phi) is 1.92. The minimum absolute atomic E-state index is 0.0139. The van der Waals surface area contributed by atoms with Gasteiger partial charge < -0.3 is 4.74 Å². The summed E-state index contributed by atoms with van der Waals surface area (Å²) in [7, 11) is 1.43. The standard InChI is InChI=1S/C8H15NO2/c1-8(2,3)9-5-6(9)7(10)11-4/h6H,5H2,1-4H3. The summed E-state index contributed by atoms with van der Waals surface area (Å²) in [6, 6.07) is 0.0139. The van der Waals surface area contributed by atoms with Crippen LogP contribution in [0.3, 0.4) is 0 Å². The molecule has 0 aromatic heterocycles. The number of nitrogens with zero attached hydrogens (tertiary/aromatic N) is 1. The second-order valence-corrected chi connectivity index (χ2v) is 3.86. The smallest absolute Gasteiger partial charge is 0.324 e. The SMILES string of the molecule is COC(=O)C1CN1C(C)(C)C. The minimum Gasteiger partial charge on any atom is -0.468 e. The highest BCUT2D eigenvalue weighted by Gasteiger charge is 2.47. The number of carbonyl (C=O) groups excluding carboxylic acids is 1. The van der Waals surface area contributed by atoms with Crippen LogP contribution in [0.25, 0.3) is 0 Å². The Balaban J connectivity index is 2.44. The predicted octanol–water partition coefficient (Wildman–Crippen LogP) is 0.642. The number of rotatable bonds is 1. The van der Waals surface area contributed by atoms with Gasteiger partial charge >= 0.3 is 5.97 Å². The summed E-state index contributed by atoms with van der Waals surface area (Å²) in [5, 5.41) is 0. The number of esters is 1. The lowest BCUT2D eigenvalue weighted by Crippen LogP contribution is -2.30. The van der Waals surface area contributed by atoms with Crippen LogP contribution in [0.15, 0.2) is 0 Å². The van der Waals surface area contributed by atoms with E-state index in [-0.39, 0.29) is 17.6 Å². The second kappa shape index (κ2) is 2.48. The van der Waals surface area contributed by atoms with Crippen molar-refractivity contribution in [1.82, 2.24) is 4.90 Å². The molecule has 0 saturated carbocycles. The van der Waals surface area contributed by atoms with Crippen LogP contribution in [0.2, 0.25) is 0 Å². The molecule has 64 valence electrons. The molecule has 0 aromatic carbocycles. The second-order valence-electron chi connectivity index (χ2n) is 3.86. The van der Waals surface area contributed by atoms with Gasteiger partial charge in [0.25, 0.3) is 0 Å². The van der Waals surface area contributed by atoms with E-state index < -0.39 is 0 Å². The number of methoxy groups -OCH3 is 1. The Morgan fingerprint density at radius 3 is 2.36 bits per heavy atom. The number of hydrogen-bond donors (Lipinski definition) is 0. The molecule has 1 fully saturated rings. The average Bonchev–Trinajstić information content (AvgIpc) is 2.62. The van der Waals surface area contributed by atoms with Crippen molar-refractivity contribution in [2.24, 2.45) is 0 Å². The molecule has 0 spiro atoms. The van der Waals surface area contributed by atoms with Crippen LogP contribution in [-0.4, -0.2) is 36.1 Å². The molecule has 1 aliphatic rings. The molecule has 1 saturated heterocycles. The van der Waals surface area contributed by atoms with E-state index in [1.165, 1.54) is 7.11 Å². The highest BCUT2D eigenvalue weighted by atomic mass is 16.5. The molecule has 0 radical (unpaired) electrons. The summed E-state index contributed by atoms with van der Waals surface area (Å²) in [4.78, 5) is 13.1. The highest BCUT2D eigenvalue weighted by molar-refractivity contribution is 5.79. The van der Waals surface area contributed by atoms with Gasteiger partial charge in [0, 0.05) is 12.1 Å². The van der Waals surface area contributed by atoms with Crippen molar-refractivity contribution in [3.8, 4) is 0 Å². The van der Waals surface area contributed by atoms with E-state index in [1.54, 1.807) is 0 Å². The van der Waals surface area contributed by atoms with Crippen LogP contribution in [-0.2, 0) is 9.53 Å². The van der Waals surface area contributed by atoms with Crippen molar-refractivity contribution in [3.63, 3.8) is 0 Å². The Hall–Kier alpha value is -0.570. The molecular formula is C8H15NO2. The zero-order valence-electron chi connectivity index (χ0n) is 7.55. The van der Waals surface area contributed by atoms with E-state index in [0.29, 0.717) is 0 Å². The summed E-state index contributed by atoms with van der Waals surface area (Å²) < 4.78 is 4.62. The molecule has 11 heavy (non-hydrogen) atoms. The monoisotopic (exact) mass is 157 g/mol. The average molecular weight is 157 g/mol. The fourth-order valence-corrected chi connectivity index (χ4v) is 1.22. The Labute approximate surface area is 67.3 Å². The van der Waals surface area contributed by atoms with Gasteiger partial charge in [-0.25, -0.2) is 0 Å². The molecule has 3 nitrogen and oxygen atoms in total. The summed E-state index contributed by atoms with van der Waals surface area (Å²) in [6.07, 6.45) is 0. The summed E-state index contributed by atoms with van der Waals surface area (Å²) in [5.41, 5.74) is 0.0961. The fourth-order valence-electron chi connectivity index (χ4n) is 1.22. The number of hydrogen-bond acceptors (Lipinski definition) is 3. The first kappa shape index (κ1) is 8.53. The Morgan fingerprint density at radius 2 is 2.09 bits per heavy atom. The van der Waals surface area contributed by atoms with Gasteiger partial charge in [0.1, 0.15) is 6.04 Å². The molecule has 1 rings (SSSR count). The molecule has 2 unspecified atom stereocenters. The molecular weight excluding hydrogens is 142 g/mol. The van der Waals surface area contributed by atoms with Gasteiger partial charge in [0.2, 0.25) is 0 Å². The fraction of sp³-hybridized carbons (Fsp3) is 0.875. The van der Waals surface area contributed by atoms with Gasteiger partial charge in [-0.05, 0) is 20.8 Å². The van der Waals surface area contributed by atoms with Crippen LogP contribution in [0, 0.1) is 0 Å². The molecule has 2 atom stereocenters.